The van der Waals surface area contributed by atoms with Crippen LogP contribution in [0.3, 0.4) is 0 Å². The Labute approximate surface area is 115 Å². The summed E-state index contributed by atoms with van der Waals surface area (Å²) in [5.74, 6) is 0.756. The molecule has 1 N–H and O–H groups in total. The Kier molecular flexibility index (Phi) is 2.75. The van der Waals surface area contributed by atoms with E-state index in [1.807, 2.05) is 11.3 Å². The standard InChI is InChI=1S/C14H16N2S2/c1-2-11(17-7-1)14-16-13(9-3-4-9)12(18-14)8-15-10-5-6-10/h1-2,7,9-10,15H,3-6,8H2. The van der Waals surface area contributed by atoms with E-state index in [4.69, 9.17) is 4.98 Å². The minimum Gasteiger partial charge on any atom is -0.309 e. The Morgan fingerprint density at radius 3 is 2.83 bits per heavy atom. The summed E-state index contributed by atoms with van der Waals surface area (Å²) in [6.07, 6.45) is 5.39. The first-order chi connectivity index (χ1) is 8.90. The van der Waals surface area contributed by atoms with Crippen LogP contribution < -0.4 is 5.32 Å². The summed E-state index contributed by atoms with van der Waals surface area (Å²) >= 11 is 3.69. The Morgan fingerprint density at radius 1 is 1.28 bits per heavy atom. The molecule has 4 heteroatoms. The predicted octanol–water partition coefficient (Wildman–Crippen LogP) is 4.00. The van der Waals surface area contributed by atoms with E-state index in [-0.39, 0.29) is 0 Å². The van der Waals surface area contributed by atoms with Crippen molar-refractivity contribution in [2.24, 2.45) is 0 Å². The van der Waals surface area contributed by atoms with Crippen molar-refractivity contribution in [1.29, 1.82) is 0 Å². The molecule has 0 bridgehead atoms. The van der Waals surface area contributed by atoms with Gasteiger partial charge in [-0.25, -0.2) is 4.98 Å². The monoisotopic (exact) mass is 276 g/mol. The fourth-order valence-electron chi connectivity index (χ4n) is 2.20. The highest BCUT2D eigenvalue weighted by atomic mass is 32.1. The second kappa shape index (κ2) is 4.44. The van der Waals surface area contributed by atoms with E-state index in [9.17, 15) is 0 Å². The third-order valence-corrected chi connectivity index (χ3v) is 5.66. The fraction of sp³-hybridized carbons (Fsp3) is 0.500. The second-order valence-electron chi connectivity index (χ2n) is 5.23. The van der Waals surface area contributed by atoms with Gasteiger partial charge in [-0.2, -0.15) is 0 Å². The molecule has 2 heterocycles. The zero-order valence-corrected chi connectivity index (χ0v) is 11.8. The lowest BCUT2D eigenvalue weighted by Gasteiger charge is -2.01. The first-order valence-electron chi connectivity index (χ1n) is 6.67. The quantitative estimate of drug-likeness (QED) is 0.893. The molecule has 2 nitrogen and oxygen atoms in total. The number of rotatable bonds is 5. The Morgan fingerprint density at radius 2 is 2.17 bits per heavy atom. The van der Waals surface area contributed by atoms with Crippen LogP contribution in [0, 0.1) is 0 Å². The Balaban J connectivity index is 1.61. The molecule has 2 aliphatic rings. The average molecular weight is 276 g/mol. The minimum absolute atomic E-state index is 0.756. The molecule has 4 rings (SSSR count). The van der Waals surface area contributed by atoms with Crippen LogP contribution >= 0.6 is 22.7 Å². The van der Waals surface area contributed by atoms with Crippen molar-refractivity contribution in [2.45, 2.75) is 44.2 Å². The van der Waals surface area contributed by atoms with Gasteiger partial charge in [-0.05, 0) is 37.1 Å². The fourth-order valence-corrected chi connectivity index (χ4v) is 4.09. The van der Waals surface area contributed by atoms with Gasteiger partial charge >= 0.3 is 0 Å². The third-order valence-electron chi connectivity index (χ3n) is 3.55. The van der Waals surface area contributed by atoms with Crippen molar-refractivity contribution in [1.82, 2.24) is 10.3 Å². The number of nitrogens with one attached hydrogen (secondary N) is 1. The molecular formula is C14H16N2S2. The van der Waals surface area contributed by atoms with Crippen LogP contribution in [0.4, 0.5) is 0 Å². The van der Waals surface area contributed by atoms with Gasteiger partial charge in [0, 0.05) is 23.4 Å². The van der Waals surface area contributed by atoms with Crippen LogP contribution in [0.1, 0.15) is 42.2 Å². The zero-order valence-electron chi connectivity index (χ0n) is 10.2. The summed E-state index contributed by atoms with van der Waals surface area (Å²) in [5, 5.41) is 6.98. The summed E-state index contributed by atoms with van der Waals surface area (Å²) in [6, 6.07) is 5.07. The van der Waals surface area contributed by atoms with Gasteiger partial charge in [-0.15, -0.1) is 22.7 Å². The molecular weight excluding hydrogens is 260 g/mol. The largest absolute Gasteiger partial charge is 0.309 e. The Hall–Kier alpha value is -0.710. The summed E-state index contributed by atoms with van der Waals surface area (Å²) in [4.78, 5) is 7.70. The molecule has 18 heavy (non-hydrogen) atoms. The van der Waals surface area contributed by atoms with Crippen molar-refractivity contribution < 1.29 is 0 Å². The molecule has 0 spiro atoms. The molecule has 0 radical (unpaired) electrons. The van der Waals surface area contributed by atoms with Crippen LogP contribution in [0.2, 0.25) is 0 Å². The van der Waals surface area contributed by atoms with Gasteiger partial charge < -0.3 is 5.32 Å². The van der Waals surface area contributed by atoms with Crippen LogP contribution in [0.5, 0.6) is 0 Å². The summed E-state index contributed by atoms with van der Waals surface area (Å²) in [7, 11) is 0. The van der Waals surface area contributed by atoms with Crippen LogP contribution in [-0.4, -0.2) is 11.0 Å². The normalized spacial score (nSPS) is 19.3. The van der Waals surface area contributed by atoms with Crippen molar-refractivity contribution in [3.63, 3.8) is 0 Å². The van der Waals surface area contributed by atoms with Gasteiger partial charge in [0.05, 0.1) is 10.6 Å². The first-order valence-corrected chi connectivity index (χ1v) is 8.36. The van der Waals surface area contributed by atoms with E-state index in [1.54, 1.807) is 11.3 Å². The summed E-state index contributed by atoms with van der Waals surface area (Å²) in [6.45, 7) is 1.03. The molecule has 0 amide bonds. The molecule has 2 aromatic heterocycles. The van der Waals surface area contributed by atoms with Crippen LogP contribution in [0.15, 0.2) is 17.5 Å². The van der Waals surface area contributed by atoms with E-state index in [2.05, 4.69) is 22.8 Å². The van der Waals surface area contributed by atoms with E-state index in [1.165, 1.54) is 46.1 Å². The van der Waals surface area contributed by atoms with E-state index in [0.717, 1.165) is 18.5 Å². The number of hydrogen-bond donors (Lipinski definition) is 1. The molecule has 0 aliphatic heterocycles. The van der Waals surface area contributed by atoms with Crippen LogP contribution in [0.25, 0.3) is 9.88 Å². The van der Waals surface area contributed by atoms with E-state index < -0.39 is 0 Å². The predicted molar refractivity (Wildman–Crippen MR) is 77.3 cm³/mol. The van der Waals surface area contributed by atoms with Gasteiger partial charge in [0.15, 0.2) is 0 Å². The SMILES string of the molecule is c1csc(-c2nc(C3CC3)c(CNC3CC3)s2)c1. The van der Waals surface area contributed by atoms with Gasteiger partial charge in [-0.1, -0.05) is 6.07 Å². The summed E-state index contributed by atoms with van der Waals surface area (Å²) < 4.78 is 0. The molecule has 0 saturated heterocycles. The summed E-state index contributed by atoms with van der Waals surface area (Å²) in [5.41, 5.74) is 1.39. The zero-order chi connectivity index (χ0) is 11.9. The van der Waals surface area contributed by atoms with Crippen molar-refractivity contribution in [3.8, 4) is 9.88 Å². The number of aromatic nitrogens is 1. The molecule has 2 fully saturated rings. The Bertz CT molecular complexity index is 536. The molecule has 2 saturated carbocycles. The smallest absolute Gasteiger partial charge is 0.133 e. The topological polar surface area (TPSA) is 24.9 Å². The minimum atomic E-state index is 0.756. The number of thiophene rings is 1. The van der Waals surface area contributed by atoms with Crippen molar-refractivity contribution in [3.05, 3.63) is 28.1 Å². The molecule has 0 aromatic carbocycles. The second-order valence-corrected chi connectivity index (χ2v) is 7.27. The third kappa shape index (κ3) is 2.25. The highest BCUT2D eigenvalue weighted by Crippen LogP contribution is 2.44. The molecule has 0 atom stereocenters. The maximum Gasteiger partial charge on any atom is 0.133 e. The maximum atomic E-state index is 4.90. The molecule has 2 aliphatic carbocycles. The highest BCUT2D eigenvalue weighted by Gasteiger charge is 2.30. The molecule has 2 aromatic rings. The number of thiazole rings is 1. The van der Waals surface area contributed by atoms with Crippen molar-refractivity contribution >= 4 is 22.7 Å². The lowest BCUT2D eigenvalue weighted by molar-refractivity contribution is 0.688. The lowest BCUT2D eigenvalue weighted by atomic mass is 10.2. The average Bonchev–Trinajstić information content (AvgIpc) is 3.30. The van der Waals surface area contributed by atoms with Gasteiger partial charge in [0.25, 0.3) is 0 Å². The first kappa shape index (κ1) is 11.1. The molecule has 94 valence electrons. The highest BCUT2D eigenvalue weighted by molar-refractivity contribution is 7.21. The van der Waals surface area contributed by atoms with E-state index >= 15 is 0 Å². The van der Waals surface area contributed by atoms with Gasteiger partial charge in [-0.3, -0.25) is 0 Å². The van der Waals surface area contributed by atoms with Crippen LogP contribution in [-0.2, 0) is 6.54 Å². The number of nitrogens with zero attached hydrogens (tertiary/aromatic N) is 1. The van der Waals surface area contributed by atoms with E-state index in [0.29, 0.717) is 0 Å². The maximum absolute atomic E-state index is 4.90. The van der Waals surface area contributed by atoms with Crippen molar-refractivity contribution in [2.75, 3.05) is 0 Å². The lowest BCUT2D eigenvalue weighted by Crippen LogP contribution is -2.15. The molecule has 0 unspecified atom stereocenters. The number of hydrogen-bond acceptors (Lipinski definition) is 4. The van der Waals surface area contributed by atoms with Gasteiger partial charge in [0.2, 0.25) is 0 Å². The van der Waals surface area contributed by atoms with Gasteiger partial charge in [0.1, 0.15) is 5.01 Å².